The van der Waals surface area contributed by atoms with Crippen molar-refractivity contribution in [2.24, 2.45) is 11.3 Å². The van der Waals surface area contributed by atoms with Crippen LogP contribution in [0.4, 0.5) is 9.93 Å². The Balaban J connectivity index is 1.36. The summed E-state index contributed by atoms with van der Waals surface area (Å²) >= 11 is 1.44. The topological polar surface area (TPSA) is 220 Å². The summed E-state index contributed by atoms with van der Waals surface area (Å²) in [7, 11) is -0.104. The van der Waals surface area contributed by atoms with E-state index in [1.807, 2.05) is 43.0 Å². The number of nitrogens with zero attached hydrogens (tertiary/aromatic N) is 4. The van der Waals surface area contributed by atoms with Crippen LogP contribution >= 0.6 is 11.3 Å². The molecule has 1 saturated carbocycles. The number of hydrogen-bond acceptors (Lipinski definition) is 14. The highest BCUT2D eigenvalue weighted by Gasteiger charge is 2.61. The van der Waals surface area contributed by atoms with Gasteiger partial charge >= 0.3 is 16.3 Å². The predicted molar refractivity (Wildman–Crippen MR) is 229 cm³/mol. The number of thiazole rings is 1. The summed E-state index contributed by atoms with van der Waals surface area (Å²) in [5.41, 5.74) is -0.00380. The number of amides is 4. The van der Waals surface area contributed by atoms with E-state index < -0.39 is 75.2 Å². The van der Waals surface area contributed by atoms with Crippen molar-refractivity contribution in [2.75, 3.05) is 46.3 Å². The number of ether oxygens (including phenoxy) is 4. The second-order valence-electron chi connectivity index (χ2n) is 17.2. The second kappa shape index (κ2) is 17.7. The van der Waals surface area contributed by atoms with E-state index in [9.17, 15) is 27.6 Å². The molecule has 3 aromatic rings. The molecular weight excluding hydrogens is 829 g/mol. The summed E-state index contributed by atoms with van der Waals surface area (Å²) in [5.74, 6) is -1.79. The number of aryl methyl sites for hydroxylation is 1. The Hall–Kier alpha value is -5.05. The summed E-state index contributed by atoms with van der Waals surface area (Å²) in [5, 5.41) is 12.1. The summed E-state index contributed by atoms with van der Waals surface area (Å²) in [6.45, 7) is 15.6. The number of pyridine rings is 1. The van der Waals surface area contributed by atoms with Crippen molar-refractivity contribution in [3.05, 3.63) is 41.8 Å². The van der Waals surface area contributed by atoms with E-state index in [-0.39, 0.29) is 32.0 Å². The van der Waals surface area contributed by atoms with E-state index in [0.717, 1.165) is 15.0 Å². The molecule has 61 heavy (non-hydrogen) atoms. The zero-order valence-electron chi connectivity index (χ0n) is 36.0. The Kier molecular flexibility index (Phi) is 13.2. The maximum absolute atomic E-state index is 14.8. The first kappa shape index (κ1) is 45.5. The molecule has 1 unspecified atom stereocenters. The van der Waals surface area contributed by atoms with Crippen LogP contribution in [0.25, 0.3) is 22.3 Å². The lowest BCUT2D eigenvalue weighted by atomic mass is 9.85. The van der Waals surface area contributed by atoms with Crippen molar-refractivity contribution < 1.29 is 46.5 Å². The highest BCUT2D eigenvalue weighted by atomic mass is 32.2. The molecule has 20 heteroatoms. The smallest absolute Gasteiger partial charge is 0.408 e. The van der Waals surface area contributed by atoms with E-state index in [2.05, 4.69) is 22.5 Å². The van der Waals surface area contributed by atoms with Crippen LogP contribution < -0.4 is 30.1 Å². The number of aromatic nitrogens is 2. The average Bonchev–Trinajstić information content (AvgIpc) is 3.59. The SMILES string of the molecule is C=CC1C[C@]1(NC(=O)[C@@H]1C[C@@H](Oc2cc(-c3csc(NC(C)C)n3)nc3c(C)c(OC)ccc23)CN1C(=O)[C@@H](NC(=O)O[C@H]1CCOC1)C(C)(C)C)C(=O)NS(=O)(=O)N(C)C. The average molecular weight is 885 g/mol. The van der Waals surface area contributed by atoms with Crippen molar-refractivity contribution in [2.45, 2.75) is 96.7 Å². The number of nitrogens with one attached hydrogen (secondary N) is 4. The molecule has 3 aliphatic rings. The summed E-state index contributed by atoms with van der Waals surface area (Å²) < 4.78 is 51.6. The molecule has 0 radical (unpaired) electrons. The first-order chi connectivity index (χ1) is 28.7. The summed E-state index contributed by atoms with van der Waals surface area (Å²) in [6.07, 6.45) is -0.0260. The summed E-state index contributed by atoms with van der Waals surface area (Å²) in [6, 6.07) is 3.18. The van der Waals surface area contributed by atoms with Gasteiger partial charge in [-0.05, 0) is 44.7 Å². The van der Waals surface area contributed by atoms with Gasteiger partial charge in [-0.15, -0.1) is 17.9 Å². The highest BCUT2D eigenvalue weighted by molar-refractivity contribution is 7.87. The molecule has 3 fully saturated rings. The zero-order valence-corrected chi connectivity index (χ0v) is 37.6. The van der Waals surface area contributed by atoms with E-state index in [1.54, 1.807) is 33.9 Å². The van der Waals surface area contributed by atoms with Gasteiger partial charge in [0.05, 0.1) is 38.1 Å². The quantitative estimate of drug-likeness (QED) is 0.160. The fraction of sp³-hybridized carbons (Fsp3) is 0.561. The fourth-order valence-electron chi connectivity index (χ4n) is 7.45. The van der Waals surface area contributed by atoms with E-state index in [0.29, 0.717) is 46.8 Å². The molecule has 6 rings (SSSR count). The van der Waals surface area contributed by atoms with Crippen molar-refractivity contribution in [3.63, 3.8) is 0 Å². The molecule has 2 aliphatic heterocycles. The minimum absolute atomic E-state index is 0.0296. The molecular formula is C41H56N8O10S2. The number of methoxy groups -OCH3 is 1. The number of benzene rings is 1. The van der Waals surface area contributed by atoms with Gasteiger partial charge in [-0.3, -0.25) is 14.4 Å². The van der Waals surface area contributed by atoms with Gasteiger partial charge in [-0.25, -0.2) is 19.5 Å². The van der Waals surface area contributed by atoms with E-state index in [4.69, 9.17) is 28.9 Å². The molecule has 4 N–H and O–H groups in total. The van der Waals surface area contributed by atoms with Crippen LogP contribution in [0.1, 0.15) is 59.4 Å². The third-order valence-corrected chi connectivity index (χ3v) is 13.2. The van der Waals surface area contributed by atoms with Gasteiger partial charge in [0.25, 0.3) is 5.91 Å². The van der Waals surface area contributed by atoms with Gasteiger partial charge in [0.15, 0.2) is 5.13 Å². The third kappa shape index (κ3) is 9.87. The van der Waals surface area contributed by atoms with E-state index >= 15 is 0 Å². The minimum atomic E-state index is -4.21. The third-order valence-electron chi connectivity index (χ3n) is 11.0. The Labute approximate surface area is 360 Å². The van der Waals surface area contributed by atoms with Crippen LogP contribution in [0.5, 0.6) is 11.5 Å². The Morgan fingerprint density at radius 1 is 1.11 bits per heavy atom. The Morgan fingerprint density at radius 3 is 2.46 bits per heavy atom. The number of likely N-dealkylation sites (tertiary alicyclic amines) is 1. The van der Waals surface area contributed by atoms with Crippen LogP contribution in [0.2, 0.25) is 0 Å². The molecule has 1 aromatic carbocycles. The van der Waals surface area contributed by atoms with Crippen molar-refractivity contribution >= 4 is 61.4 Å². The van der Waals surface area contributed by atoms with Gasteiger partial charge in [-0.2, -0.15) is 12.7 Å². The fourth-order valence-corrected chi connectivity index (χ4v) is 8.90. The van der Waals surface area contributed by atoms with Crippen molar-refractivity contribution in [1.82, 2.24) is 34.5 Å². The molecule has 0 spiro atoms. The first-order valence-corrected chi connectivity index (χ1v) is 22.4. The number of rotatable bonds is 15. The number of carbonyl (C=O) groups is 4. The number of anilines is 1. The number of alkyl carbamates (subject to hydrolysis) is 1. The Morgan fingerprint density at radius 2 is 1.85 bits per heavy atom. The lowest BCUT2D eigenvalue weighted by Gasteiger charge is -2.35. The molecule has 6 atom stereocenters. The number of carbonyl (C=O) groups excluding carboxylic acids is 4. The van der Waals surface area contributed by atoms with Gasteiger partial charge < -0.3 is 39.8 Å². The second-order valence-corrected chi connectivity index (χ2v) is 19.9. The van der Waals surface area contributed by atoms with Gasteiger partial charge in [0, 0.05) is 61.3 Å². The van der Waals surface area contributed by atoms with Crippen LogP contribution in [0.15, 0.2) is 36.2 Å². The van der Waals surface area contributed by atoms with Gasteiger partial charge in [-0.1, -0.05) is 26.8 Å². The van der Waals surface area contributed by atoms with Crippen LogP contribution in [0.3, 0.4) is 0 Å². The van der Waals surface area contributed by atoms with Gasteiger partial charge in [0.1, 0.15) is 47.0 Å². The highest BCUT2D eigenvalue weighted by Crippen LogP contribution is 2.45. The number of hydrogen-bond donors (Lipinski definition) is 4. The zero-order chi connectivity index (χ0) is 44.6. The van der Waals surface area contributed by atoms with Crippen LogP contribution in [-0.2, 0) is 34.1 Å². The van der Waals surface area contributed by atoms with Crippen LogP contribution in [0, 0.1) is 18.3 Å². The molecule has 4 heterocycles. The van der Waals surface area contributed by atoms with Crippen molar-refractivity contribution in [3.8, 4) is 22.9 Å². The predicted octanol–water partition coefficient (Wildman–Crippen LogP) is 3.76. The van der Waals surface area contributed by atoms with Crippen molar-refractivity contribution in [1.29, 1.82) is 0 Å². The molecule has 332 valence electrons. The maximum Gasteiger partial charge on any atom is 0.408 e. The molecule has 4 amide bonds. The normalized spacial score (nSPS) is 23.1. The molecule has 2 aromatic heterocycles. The van der Waals surface area contributed by atoms with E-state index in [1.165, 1.54) is 36.4 Å². The maximum atomic E-state index is 14.8. The van der Waals surface area contributed by atoms with Crippen LogP contribution in [-0.4, -0.2) is 128 Å². The minimum Gasteiger partial charge on any atom is -0.496 e. The lowest BCUT2D eigenvalue weighted by molar-refractivity contribution is -0.143. The molecule has 2 saturated heterocycles. The molecule has 18 nitrogen and oxygen atoms in total. The lowest BCUT2D eigenvalue weighted by Crippen LogP contribution is -2.60. The Bertz CT molecular complexity index is 2290. The first-order valence-electron chi connectivity index (χ1n) is 20.1. The largest absolute Gasteiger partial charge is 0.496 e. The molecule has 1 aliphatic carbocycles. The molecule has 0 bridgehead atoms. The standard InChI is InChI=1S/C41H56N8O10S2/c1-11-24-18-41(24,37(52)47-61(54,55)48(8)9)46-35(50)30-16-26(19-49(30)36(51)34(40(5,6)7)45-39(53)59-25-14-15-57-20-25)58-32-17-28(29-21-60-38(44-29)42-22(2)3)43-33-23(4)31(56-10)13-12-27(32)33/h11-13,17,21-22,24-26,30,34H,1,14-16,18-20H2,2-10H3,(H,42,44)(H,45,53)(H,46,50)(H,47,52)/t24?,25-,26+,30-,34+,41+/m0/s1. The number of fused-ring (bicyclic) bond motifs is 1. The van der Waals surface area contributed by atoms with Gasteiger partial charge in [0.2, 0.25) is 11.8 Å². The summed E-state index contributed by atoms with van der Waals surface area (Å²) in [4.78, 5) is 67.2. The monoisotopic (exact) mass is 884 g/mol.